The molecule has 0 aromatic rings. The molecular weight excluding hydrogens is 148 g/mol. The molecule has 0 radical (unpaired) electrons. The minimum absolute atomic E-state index is 0.0671. The van der Waals surface area contributed by atoms with Gasteiger partial charge in [0.2, 0.25) is 0 Å². The van der Waals surface area contributed by atoms with Crippen molar-refractivity contribution in [3.63, 3.8) is 0 Å². The lowest BCUT2D eigenvalue weighted by Gasteiger charge is -1.90. The SMILES string of the molecule is CC(O)CO.COCC(C)=O. The largest absolute Gasteiger partial charge is 0.394 e. The van der Waals surface area contributed by atoms with Gasteiger partial charge in [-0.15, -0.1) is 0 Å². The first-order valence-corrected chi connectivity index (χ1v) is 3.31. The summed E-state index contributed by atoms with van der Waals surface area (Å²) in [7, 11) is 1.50. The Kier molecular flexibility index (Phi) is 11.4. The highest BCUT2D eigenvalue weighted by Gasteiger charge is 1.83. The lowest BCUT2D eigenvalue weighted by atomic mass is 10.5. The van der Waals surface area contributed by atoms with Crippen molar-refractivity contribution in [2.45, 2.75) is 20.0 Å². The molecule has 0 fully saturated rings. The Morgan fingerprint density at radius 3 is 2.00 bits per heavy atom. The fraction of sp³-hybridized carbons (Fsp3) is 0.857. The van der Waals surface area contributed by atoms with Gasteiger partial charge in [-0.2, -0.15) is 0 Å². The van der Waals surface area contributed by atoms with Crippen molar-refractivity contribution < 1.29 is 19.7 Å². The molecule has 0 aromatic carbocycles. The van der Waals surface area contributed by atoms with E-state index in [2.05, 4.69) is 4.74 Å². The fourth-order valence-corrected chi connectivity index (χ4v) is 0.203. The number of carbonyl (C=O) groups excluding carboxylic acids is 1. The number of methoxy groups -OCH3 is 1. The maximum Gasteiger partial charge on any atom is 0.155 e. The fourth-order valence-electron chi connectivity index (χ4n) is 0.203. The second-order valence-electron chi connectivity index (χ2n) is 2.17. The van der Waals surface area contributed by atoms with Crippen LogP contribution in [0.4, 0.5) is 0 Å². The van der Waals surface area contributed by atoms with Gasteiger partial charge in [-0.25, -0.2) is 0 Å². The highest BCUT2D eigenvalue weighted by atomic mass is 16.5. The summed E-state index contributed by atoms with van der Waals surface area (Å²) in [5.41, 5.74) is 0. The van der Waals surface area contributed by atoms with Gasteiger partial charge in [0.1, 0.15) is 6.61 Å². The summed E-state index contributed by atoms with van der Waals surface area (Å²) in [6, 6.07) is 0. The third-order valence-electron chi connectivity index (χ3n) is 0.612. The summed E-state index contributed by atoms with van der Waals surface area (Å²) >= 11 is 0. The molecular formula is C7H16O4. The molecule has 0 amide bonds. The summed E-state index contributed by atoms with van der Waals surface area (Å²) < 4.78 is 4.45. The average molecular weight is 164 g/mol. The van der Waals surface area contributed by atoms with Crippen molar-refractivity contribution in [2.24, 2.45) is 0 Å². The van der Waals surface area contributed by atoms with Gasteiger partial charge in [0.25, 0.3) is 0 Å². The standard InChI is InChI=1S/C4H8O2.C3H8O2/c1-4(5)3-6-2;1-3(5)2-4/h3H2,1-2H3;3-5H,2H2,1H3. The lowest BCUT2D eigenvalue weighted by Crippen LogP contribution is -2.03. The van der Waals surface area contributed by atoms with E-state index >= 15 is 0 Å². The van der Waals surface area contributed by atoms with Gasteiger partial charge in [-0.1, -0.05) is 0 Å². The number of hydrogen-bond donors (Lipinski definition) is 2. The average Bonchev–Trinajstić information content (AvgIpc) is 1.89. The second-order valence-corrected chi connectivity index (χ2v) is 2.17. The number of hydrogen-bond acceptors (Lipinski definition) is 4. The summed E-state index contributed by atoms with van der Waals surface area (Å²) in [5, 5.41) is 16.0. The van der Waals surface area contributed by atoms with Crippen LogP contribution in [0.25, 0.3) is 0 Å². The maximum atomic E-state index is 9.92. The molecule has 2 N–H and O–H groups in total. The van der Waals surface area contributed by atoms with E-state index in [1.807, 2.05) is 0 Å². The van der Waals surface area contributed by atoms with E-state index in [0.29, 0.717) is 0 Å². The molecule has 1 unspecified atom stereocenters. The molecule has 0 aliphatic rings. The molecule has 0 aromatic heterocycles. The van der Waals surface area contributed by atoms with Gasteiger partial charge in [0.05, 0.1) is 12.7 Å². The van der Waals surface area contributed by atoms with Gasteiger partial charge < -0.3 is 14.9 Å². The van der Waals surface area contributed by atoms with E-state index < -0.39 is 6.10 Å². The minimum atomic E-state index is -0.560. The topological polar surface area (TPSA) is 66.8 Å². The quantitative estimate of drug-likeness (QED) is 0.594. The molecule has 11 heavy (non-hydrogen) atoms. The third kappa shape index (κ3) is 26.3. The van der Waals surface area contributed by atoms with Crippen LogP contribution in [0.15, 0.2) is 0 Å². The molecule has 68 valence electrons. The Labute approximate surface area is 66.8 Å². The summed E-state index contributed by atoms with van der Waals surface area (Å²) in [6.07, 6.45) is -0.560. The van der Waals surface area contributed by atoms with Crippen LogP contribution < -0.4 is 0 Å². The normalized spacial score (nSPS) is 11.4. The first kappa shape index (κ1) is 13.2. The molecule has 4 nitrogen and oxygen atoms in total. The number of Topliss-reactive ketones (excluding diaryl/α,β-unsaturated/α-hetero) is 1. The Hall–Kier alpha value is -0.450. The first-order chi connectivity index (χ1) is 5.04. The smallest absolute Gasteiger partial charge is 0.155 e. The summed E-state index contributed by atoms with van der Waals surface area (Å²) in [5.74, 6) is 0.0671. The van der Waals surface area contributed by atoms with Crippen LogP contribution in [-0.4, -0.2) is 42.4 Å². The summed E-state index contributed by atoms with van der Waals surface area (Å²) in [4.78, 5) is 9.92. The van der Waals surface area contributed by atoms with Gasteiger partial charge >= 0.3 is 0 Å². The predicted octanol–water partition coefficient (Wildman–Crippen LogP) is -0.419. The van der Waals surface area contributed by atoms with Crippen molar-refractivity contribution in [1.29, 1.82) is 0 Å². The number of ether oxygens (including phenoxy) is 1. The van der Waals surface area contributed by atoms with E-state index in [4.69, 9.17) is 10.2 Å². The number of rotatable bonds is 3. The zero-order valence-electron chi connectivity index (χ0n) is 7.20. The number of aliphatic hydroxyl groups excluding tert-OH is 2. The molecule has 0 heterocycles. The lowest BCUT2D eigenvalue weighted by molar-refractivity contribution is -0.120. The molecule has 0 saturated heterocycles. The highest BCUT2D eigenvalue weighted by Crippen LogP contribution is 1.68. The van der Waals surface area contributed by atoms with E-state index in [1.165, 1.54) is 21.0 Å². The van der Waals surface area contributed by atoms with Crippen molar-refractivity contribution in [3.8, 4) is 0 Å². The number of ketones is 1. The molecule has 0 aliphatic heterocycles. The molecule has 0 bridgehead atoms. The third-order valence-corrected chi connectivity index (χ3v) is 0.612. The molecule has 0 aliphatic carbocycles. The van der Waals surface area contributed by atoms with Crippen molar-refractivity contribution >= 4 is 5.78 Å². The van der Waals surface area contributed by atoms with Crippen LogP contribution in [0.5, 0.6) is 0 Å². The van der Waals surface area contributed by atoms with Crippen LogP contribution in [0, 0.1) is 0 Å². The van der Waals surface area contributed by atoms with Crippen LogP contribution in [0.2, 0.25) is 0 Å². The zero-order valence-corrected chi connectivity index (χ0v) is 7.20. The van der Waals surface area contributed by atoms with Crippen molar-refractivity contribution in [1.82, 2.24) is 0 Å². The first-order valence-electron chi connectivity index (χ1n) is 3.31. The Bertz CT molecular complexity index is 90.4. The second kappa shape index (κ2) is 9.55. The van der Waals surface area contributed by atoms with Crippen molar-refractivity contribution in [2.75, 3.05) is 20.3 Å². The zero-order chi connectivity index (χ0) is 9.28. The van der Waals surface area contributed by atoms with E-state index in [9.17, 15) is 4.79 Å². The summed E-state index contributed by atoms with van der Waals surface area (Å²) in [6.45, 7) is 3.11. The number of carbonyl (C=O) groups is 1. The number of aliphatic hydroxyl groups is 2. The monoisotopic (exact) mass is 164 g/mol. The van der Waals surface area contributed by atoms with E-state index in [1.54, 1.807) is 0 Å². The van der Waals surface area contributed by atoms with Gasteiger partial charge in [0.15, 0.2) is 5.78 Å². The van der Waals surface area contributed by atoms with Crippen LogP contribution in [0.3, 0.4) is 0 Å². The Balaban J connectivity index is 0. The maximum absolute atomic E-state index is 9.92. The van der Waals surface area contributed by atoms with Crippen LogP contribution in [0.1, 0.15) is 13.8 Å². The highest BCUT2D eigenvalue weighted by molar-refractivity contribution is 5.76. The van der Waals surface area contributed by atoms with Crippen LogP contribution >= 0.6 is 0 Å². The van der Waals surface area contributed by atoms with Gasteiger partial charge in [0, 0.05) is 7.11 Å². The van der Waals surface area contributed by atoms with Gasteiger partial charge in [-0.3, -0.25) is 4.79 Å². The van der Waals surface area contributed by atoms with Crippen LogP contribution in [-0.2, 0) is 9.53 Å². The van der Waals surface area contributed by atoms with Gasteiger partial charge in [-0.05, 0) is 13.8 Å². The molecule has 0 rings (SSSR count). The van der Waals surface area contributed by atoms with Crippen molar-refractivity contribution in [3.05, 3.63) is 0 Å². The molecule has 4 heteroatoms. The molecule has 1 atom stereocenters. The Morgan fingerprint density at radius 2 is 2.00 bits per heavy atom. The molecule has 0 saturated carbocycles. The molecule has 0 spiro atoms. The Morgan fingerprint density at radius 1 is 1.64 bits per heavy atom. The van der Waals surface area contributed by atoms with E-state index in [-0.39, 0.29) is 19.0 Å². The minimum Gasteiger partial charge on any atom is -0.394 e. The predicted molar refractivity (Wildman–Crippen MR) is 41.3 cm³/mol. The van der Waals surface area contributed by atoms with E-state index in [0.717, 1.165) is 0 Å².